The Morgan fingerprint density at radius 3 is 2.27 bits per heavy atom. The Kier molecular flexibility index (Phi) is 3.25. The maximum atomic E-state index is 10.5. The summed E-state index contributed by atoms with van der Waals surface area (Å²) in [6, 6.07) is 0. The lowest BCUT2D eigenvalue weighted by Crippen LogP contribution is -2.06. The van der Waals surface area contributed by atoms with E-state index in [1.54, 1.807) is 0 Å². The molecule has 0 rings (SSSR count). The third-order valence-electron chi connectivity index (χ3n) is 1.00. The van der Waals surface area contributed by atoms with Gasteiger partial charge in [0.05, 0.1) is 5.92 Å². The number of hydrogen-bond donors (Lipinski definition) is 1. The Bertz CT molecular complexity index is 262. The van der Waals surface area contributed by atoms with E-state index in [0.29, 0.717) is 0 Å². The number of rotatable bonds is 3. The molecule has 64 valence electrons. The van der Waals surface area contributed by atoms with E-state index in [1.165, 1.54) is 6.92 Å². The molecule has 4 nitrogen and oxygen atoms in total. The molecule has 1 unspecified atom stereocenters. The summed E-state index contributed by atoms with van der Waals surface area (Å²) in [5, 5.41) is 9.23. The van der Waals surface area contributed by atoms with Crippen LogP contribution in [0.1, 0.15) is 6.92 Å². The molecule has 0 radical (unpaired) electrons. The van der Waals surface area contributed by atoms with Gasteiger partial charge in [0, 0.05) is 11.7 Å². The number of hydrogen-bond acceptors (Lipinski definition) is 3. The monoisotopic (exact) mass is 178 g/mol. The van der Waals surface area contributed by atoms with Gasteiger partial charge in [-0.1, -0.05) is 6.08 Å². The van der Waals surface area contributed by atoms with Crippen molar-refractivity contribution in [3.8, 4) is 0 Å². The van der Waals surface area contributed by atoms with Crippen LogP contribution in [0.15, 0.2) is 11.5 Å². The highest BCUT2D eigenvalue weighted by atomic mass is 32.2. The smallest absolute Gasteiger partial charge is 0.310 e. The molecule has 0 aromatic heterocycles. The summed E-state index contributed by atoms with van der Waals surface area (Å²) in [7, 11) is -3.20. The van der Waals surface area contributed by atoms with Crippen LogP contribution in [-0.2, 0) is 14.6 Å². The molecule has 5 heteroatoms. The van der Waals surface area contributed by atoms with E-state index in [2.05, 4.69) is 0 Å². The van der Waals surface area contributed by atoms with Gasteiger partial charge in [-0.25, -0.2) is 8.42 Å². The van der Waals surface area contributed by atoms with Gasteiger partial charge in [0.2, 0.25) is 0 Å². The molecule has 0 aliphatic carbocycles. The molecule has 0 aliphatic rings. The van der Waals surface area contributed by atoms with Gasteiger partial charge in [-0.2, -0.15) is 0 Å². The van der Waals surface area contributed by atoms with Crippen molar-refractivity contribution in [3.05, 3.63) is 11.5 Å². The normalized spacial score (nSPS) is 15.1. The Morgan fingerprint density at radius 1 is 1.55 bits per heavy atom. The van der Waals surface area contributed by atoms with Crippen molar-refractivity contribution in [3.63, 3.8) is 0 Å². The van der Waals surface area contributed by atoms with E-state index >= 15 is 0 Å². The lowest BCUT2D eigenvalue weighted by atomic mass is 10.2. The van der Waals surface area contributed by atoms with Gasteiger partial charge in [-0.05, 0) is 6.92 Å². The summed E-state index contributed by atoms with van der Waals surface area (Å²) in [6.07, 6.45) is 2.15. The van der Waals surface area contributed by atoms with E-state index in [9.17, 15) is 13.2 Å². The zero-order chi connectivity index (χ0) is 9.07. The minimum atomic E-state index is -3.20. The van der Waals surface area contributed by atoms with Crippen LogP contribution in [-0.4, -0.2) is 25.7 Å². The summed E-state index contributed by atoms with van der Waals surface area (Å²) in [5.41, 5.74) is 0. The molecule has 0 aliphatic heterocycles. The summed E-state index contributed by atoms with van der Waals surface area (Å²) in [4.78, 5) is 10.2. The van der Waals surface area contributed by atoms with Gasteiger partial charge in [-0.15, -0.1) is 0 Å². The highest BCUT2D eigenvalue weighted by molar-refractivity contribution is 7.93. The SMILES string of the molecule is CC(/C=C/S(C)(=O)=O)C(=O)O. The van der Waals surface area contributed by atoms with Crippen molar-refractivity contribution in [2.75, 3.05) is 6.26 Å². The molecule has 0 aromatic rings. The van der Waals surface area contributed by atoms with E-state index in [1.807, 2.05) is 0 Å². The van der Waals surface area contributed by atoms with Gasteiger partial charge < -0.3 is 5.11 Å². The summed E-state index contributed by atoms with van der Waals surface area (Å²) < 4.78 is 21.0. The van der Waals surface area contributed by atoms with Gasteiger partial charge >= 0.3 is 5.97 Å². The standard InChI is InChI=1S/C6H10O4S/c1-5(6(7)8)3-4-11(2,9)10/h3-5H,1-2H3,(H,7,8)/b4-3+. The molecule has 11 heavy (non-hydrogen) atoms. The fraction of sp³-hybridized carbons (Fsp3) is 0.500. The maximum Gasteiger partial charge on any atom is 0.310 e. The van der Waals surface area contributed by atoms with Crippen LogP contribution in [0.2, 0.25) is 0 Å². The number of aliphatic carboxylic acids is 1. The van der Waals surface area contributed by atoms with E-state index in [0.717, 1.165) is 17.7 Å². The molecule has 1 atom stereocenters. The van der Waals surface area contributed by atoms with Crippen molar-refractivity contribution in [2.24, 2.45) is 5.92 Å². The second kappa shape index (κ2) is 3.52. The first-order valence-corrected chi connectivity index (χ1v) is 4.89. The molecule has 0 fully saturated rings. The zero-order valence-corrected chi connectivity index (χ0v) is 7.13. The molecule has 0 amide bonds. The van der Waals surface area contributed by atoms with E-state index in [-0.39, 0.29) is 0 Å². The predicted molar refractivity (Wildman–Crippen MR) is 40.8 cm³/mol. The minimum absolute atomic E-state index is 0.760. The molecule has 0 bridgehead atoms. The molecule has 1 N–H and O–H groups in total. The summed E-state index contributed by atoms with van der Waals surface area (Å²) in [5.74, 6) is -1.80. The Balaban J connectivity index is 4.27. The third kappa shape index (κ3) is 5.60. The molecule has 0 spiro atoms. The number of carbonyl (C=O) groups is 1. The Labute approximate surface area is 65.5 Å². The first-order chi connectivity index (χ1) is 4.83. The van der Waals surface area contributed by atoms with Gasteiger partial charge in [-0.3, -0.25) is 4.79 Å². The number of carboxylic acid groups (broad SMARTS) is 1. The van der Waals surface area contributed by atoms with Crippen LogP contribution in [0.4, 0.5) is 0 Å². The van der Waals surface area contributed by atoms with Gasteiger partial charge in [0.25, 0.3) is 0 Å². The maximum absolute atomic E-state index is 10.5. The van der Waals surface area contributed by atoms with Crippen molar-refractivity contribution < 1.29 is 18.3 Å². The van der Waals surface area contributed by atoms with Crippen LogP contribution < -0.4 is 0 Å². The third-order valence-corrected chi connectivity index (χ3v) is 1.66. The van der Waals surface area contributed by atoms with Crippen LogP contribution >= 0.6 is 0 Å². The van der Waals surface area contributed by atoms with Crippen molar-refractivity contribution in [1.29, 1.82) is 0 Å². The van der Waals surface area contributed by atoms with Crippen molar-refractivity contribution in [2.45, 2.75) is 6.92 Å². The van der Waals surface area contributed by atoms with Crippen LogP contribution in [0.5, 0.6) is 0 Å². The highest BCUT2D eigenvalue weighted by Crippen LogP contribution is 1.98. The average Bonchev–Trinajstić information content (AvgIpc) is 1.80. The Morgan fingerprint density at radius 2 is 2.00 bits per heavy atom. The number of carboxylic acids is 1. The second-order valence-corrected chi connectivity index (χ2v) is 4.22. The predicted octanol–water partition coefficient (Wildman–Crippen LogP) is 0.265. The van der Waals surface area contributed by atoms with Gasteiger partial charge in [0.1, 0.15) is 0 Å². The fourth-order valence-corrected chi connectivity index (χ4v) is 0.864. The minimum Gasteiger partial charge on any atom is -0.481 e. The molecular weight excluding hydrogens is 168 g/mol. The lowest BCUT2D eigenvalue weighted by Gasteiger charge is -1.95. The first-order valence-electron chi connectivity index (χ1n) is 2.94. The second-order valence-electron chi connectivity index (χ2n) is 2.28. The van der Waals surface area contributed by atoms with Crippen molar-refractivity contribution >= 4 is 15.8 Å². The first kappa shape index (κ1) is 10.2. The van der Waals surface area contributed by atoms with E-state index < -0.39 is 21.7 Å². The molecule has 0 heterocycles. The van der Waals surface area contributed by atoms with Crippen LogP contribution in [0.25, 0.3) is 0 Å². The Hall–Kier alpha value is -0.840. The highest BCUT2D eigenvalue weighted by Gasteiger charge is 2.06. The summed E-state index contributed by atoms with van der Waals surface area (Å²) in [6.45, 7) is 1.41. The van der Waals surface area contributed by atoms with Gasteiger partial charge in [0.15, 0.2) is 9.84 Å². The topological polar surface area (TPSA) is 71.4 Å². The molecule has 0 saturated carbocycles. The van der Waals surface area contributed by atoms with Crippen LogP contribution in [0, 0.1) is 5.92 Å². The number of sulfone groups is 1. The van der Waals surface area contributed by atoms with Crippen LogP contribution in [0.3, 0.4) is 0 Å². The largest absolute Gasteiger partial charge is 0.481 e. The van der Waals surface area contributed by atoms with E-state index in [4.69, 9.17) is 5.11 Å². The molecule has 0 saturated heterocycles. The fourth-order valence-electron chi connectivity index (χ4n) is 0.343. The van der Waals surface area contributed by atoms with Crippen molar-refractivity contribution in [1.82, 2.24) is 0 Å². The zero-order valence-electron chi connectivity index (χ0n) is 6.31. The quantitative estimate of drug-likeness (QED) is 0.673. The summed E-state index contributed by atoms with van der Waals surface area (Å²) >= 11 is 0. The molecule has 0 aromatic carbocycles. The molecular formula is C6H10O4S. The lowest BCUT2D eigenvalue weighted by molar-refractivity contribution is -0.139. The average molecular weight is 178 g/mol.